The van der Waals surface area contributed by atoms with Crippen LogP contribution in [-0.4, -0.2) is 45.2 Å². The molecule has 0 aliphatic heterocycles. The van der Waals surface area contributed by atoms with Crippen molar-refractivity contribution in [3.8, 4) is 0 Å². The molecule has 0 saturated heterocycles. The van der Waals surface area contributed by atoms with Crippen LogP contribution in [0.3, 0.4) is 0 Å². The number of aromatic nitrogens is 2. The second kappa shape index (κ2) is 7.83. The first-order chi connectivity index (χ1) is 11.3. The van der Waals surface area contributed by atoms with E-state index >= 15 is 0 Å². The fourth-order valence-corrected chi connectivity index (χ4v) is 3.66. The van der Waals surface area contributed by atoms with Crippen LogP contribution in [-0.2, 0) is 4.79 Å². The zero-order valence-electron chi connectivity index (χ0n) is 15.2. The van der Waals surface area contributed by atoms with Gasteiger partial charge in [0.05, 0.1) is 10.8 Å². The Hall–Kier alpha value is -1.82. The minimum absolute atomic E-state index is 0.118. The first kappa shape index (κ1) is 18.5. The van der Waals surface area contributed by atoms with E-state index < -0.39 is 0 Å². The average Bonchev–Trinajstić information content (AvgIpc) is 2.53. The number of nitrogens with zero attached hydrogens (tertiary/aromatic N) is 3. The number of rotatable bonds is 6. The van der Waals surface area contributed by atoms with Crippen LogP contribution >= 0.6 is 11.8 Å². The molecule has 5 nitrogen and oxygen atoms in total. The molecule has 1 heterocycles. The lowest BCUT2D eigenvalue weighted by Crippen LogP contribution is -2.45. The molecule has 0 bridgehead atoms. The number of fused-ring (bicyclic) bond motifs is 1. The summed E-state index contributed by atoms with van der Waals surface area (Å²) in [6, 6.07) is 8.22. The van der Waals surface area contributed by atoms with Crippen LogP contribution in [0.25, 0.3) is 10.9 Å². The summed E-state index contributed by atoms with van der Waals surface area (Å²) in [5.74, 6) is 0.903. The Bertz CT molecular complexity index is 709. The second-order valence-electron chi connectivity index (χ2n) is 6.32. The molecule has 1 unspecified atom stereocenters. The Balaban J connectivity index is 2.27. The van der Waals surface area contributed by atoms with Gasteiger partial charge in [0.15, 0.2) is 5.16 Å². The largest absolute Gasteiger partial charge is 0.372 e. The van der Waals surface area contributed by atoms with Crippen molar-refractivity contribution in [2.24, 2.45) is 0 Å². The van der Waals surface area contributed by atoms with Gasteiger partial charge in [0, 0.05) is 24.5 Å². The van der Waals surface area contributed by atoms with Crippen LogP contribution in [0, 0.1) is 0 Å². The van der Waals surface area contributed by atoms with Gasteiger partial charge < -0.3 is 10.2 Å². The SMILES string of the molecule is CNc1nc(SC(C)C(=O)N(C(C)C)C(C)C)nc2ccccc12. The molecule has 0 fully saturated rings. The number of hydrogen-bond donors (Lipinski definition) is 1. The molecule has 0 radical (unpaired) electrons. The van der Waals surface area contributed by atoms with Crippen molar-refractivity contribution in [3.05, 3.63) is 24.3 Å². The smallest absolute Gasteiger partial charge is 0.236 e. The van der Waals surface area contributed by atoms with Gasteiger partial charge in [-0.05, 0) is 46.8 Å². The summed E-state index contributed by atoms with van der Waals surface area (Å²) in [5, 5.41) is 4.47. The standard InChI is InChI=1S/C18H26N4OS/c1-11(2)22(12(3)4)17(23)13(5)24-18-20-15-10-8-7-9-14(15)16(19-6)21-18/h7-13H,1-6H3,(H,19,20,21). The number of hydrogen-bond acceptors (Lipinski definition) is 5. The van der Waals surface area contributed by atoms with E-state index in [1.807, 2.05) is 70.8 Å². The van der Waals surface area contributed by atoms with Gasteiger partial charge in [-0.2, -0.15) is 0 Å². The van der Waals surface area contributed by atoms with E-state index in [9.17, 15) is 4.79 Å². The zero-order valence-corrected chi connectivity index (χ0v) is 16.0. The maximum absolute atomic E-state index is 12.8. The minimum Gasteiger partial charge on any atom is -0.372 e. The van der Waals surface area contributed by atoms with Gasteiger partial charge >= 0.3 is 0 Å². The van der Waals surface area contributed by atoms with E-state index in [0.29, 0.717) is 5.16 Å². The highest BCUT2D eigenvalue weighted by molar-refractivity contribution is 8.00. The summed E-state index contributed by atoms with van der Waals surface area (Å²) < 4.78 is 0. The molecule has 6 heteroatoms. The summed E-state index contributed by atoms with van der Waals surface area (Å²) >= 11 is 1.41. The molecular weight excluding hydrogens is 320 g/mol. The van der Waals surface area contributed by atoms with Crippen molar-refractivity contribution in [1.82, 2.24) is 14.9 Å². The lowest BCUT2D eigenvalue weighted by Gasteiger charge is -2.32. The quantitative estimate of drug-likeness (QED) is 0.637. The van der Waals surface area contributed by atoms with E-state index in [-0.39, 0.29) is 23.2 Å². The molecule has 1 N–H and O–H groups in total. The second-order valence-corrected chi connectivity index (χ2v) is 7.62. The van der Waals surface area contributed by atoms with Crippen LogP contribution in [0.5, 0.6) is 0 Å². The van der Waals surface area contributed by atoms with Gasteiger partial charge in [-0.15, -0.1) is 0 Å². The Kier molecular flexibility index (Phi) is 6.04. The molecule has 0 aliphatic carbocycles. The van der Waals surface area contributed by atoms with Crippen molar-refractivity contribution in [1.29, 1.82) is 0 Å². The monoisotopic (exact) mass is 346 g/mol. The predicted molar refractivity (Wildman–Crippen MR) is 102 cm³/mol. The third kappa shape index (κ3) is 3.98. The van der Waals surface area contributed by atoms with Crippen LogP contribution in [0.2, 0.25) is 0 Å². The zero-order chi connectivity index (χ0) is 17.9. The number of carbonyl (C=O) groups is 1. The van der Waals surface area contributed by atoms with Crippen molar-refractivity contribution >= 4 is 34.4 Å². The van der Waals surface area contributed by atoms with Gasteiger partial charge in [0.1, 0.15) is 5.82 Å². The number of anilines is 1. The van der Waals surface area contributed by atoms with Crippen molar-refractivity contribution in [2.75, 3.05) is 12.4 Å². The number of nitrogens with one attached hydrogen (secondary N) is 1. The van der Waals surface area contributed by atoms with Gasteiger partial charge in [0.25, 0.3) is 0 Å². The number of para-hydroxylation sites is 1. The van der Waals surface area contributed by atoms with Crippen LogP contribution in [0.1, 0.15) is 34.6 Å². The first-order valence-electron chi connectivity index (χ1n) is 8.28. The first-order valence-corrected chi connectivity index (χ1v) is 9.16. The van der Waals surface area contributed by atoms with Crippen molar-refractivity contribution < 1.29 is 4.79 Å². The highest BCUT2D eigenvalue weighted by Crippen LogP contribution is 2.27. The predicted octanol–water partition coefficient (Wildman–Crippen LogP) is 3.80. The molecule has 1 amide bonds. The summed E-state index contributed by atoms with van der Waals surface area (Å²) in [6.07, 6.45) is 0. The maximum atomic E-state index is 12.8. The molecule has 1 aromatic carbocycles. The van der Waals surface area contributed by atoms with Gasteiger partial charge in [0.2, 0.25) is 5.91 Å². The third-order valence-electron chi connectivity index (χ3n) is 3.82. The van der Waals surface area contributed by atoms with Crippen LogP contribution in [0.15, 0.2) is 29.4 Å². The Morgan fingerprint density at radius 1 is 1.08 bits per heavy atom. The molecule has 0 aliphatic rings. The van der Waals surface area contributed by atoms with Gasteiger partial charge in [-0.25, -0.2) is 9.97 Å². The molecule has 1 atom stereocenters. The lowest BCUT2D eigenvalue weighted by molar-refractivity contribution is -0.133. The van der Waals surface area contributed by atoms with E-state index in [1.165, 1.54) is 11.8 Å². The Labute approximate surface area is 148 Å². The number of benzene rings is 1. The molecule has 0 spiro atoms. The molecule has 1 aromatic heterocycles. The fraction of sp³-hybridized carbons (Fsp3) is 0.500. The summed E-state index contributed by atoms with van der Waals surface area (Å²) in [7, 11) is 1.84. The molecule has 2 aromatic rings. The highest BCUT2D eigenvalue weighted by atomic mass is 32.2. The minimum atomic E-state index is -0.235. The third-order valence-corrected chi connectivity index (χ3v) is 4.77. The molecule has 24 heavy (non-hydrogen) atoms. The number of thioether (sulfide) groups is 1. The molecule has 0 saturated carbocycles. The highest BCUT2D eigenvalue weighted by Gasteiger charge is 2.26. The van der Waals surface area contributed by atoms with E-state index in [1.54, 1.807) is 0 Å². The van der Waals surface area contributed by atoms with E-state index in [0.717, 1.165) is 16.7 Å². The van der Waals surface area contributed by atoms with E-state index in [2.05, 4.69) is 15.3 Å². The van der Waals surface area contributed by atoms with Crippen LogP contribution < -0.4 is 5.32 Å². The Morgan fingerprint density at radius 2 is 1.71 bits per heavy atom. The topological polar surface area (TPSA) is 58.1 Å². The molecular formula is C18H26N4OS. The van der Waals surface area contributed by atoms with Crippen LogP contribution in [0.4, 0.5) is 5.82 Å². The normalized spacial score (nSPS) is 12.7. The van der Waals surface area contributed by atoms with Gasteiger partial charge in [-0.1, -0.05) is 23.9 Å². The summed E-state index contributed by atoms with van der Waals surface area (Å²) in [6.45, 7) is 10.1. The van der Waals surface area contributed by atoms with Gasteiger partial charge in [-0.3, -0.25) is 4.79 Å². The number of carbonyl (C=O) groups excluding carboxylic acids is 1. The lowest BCUT2D eigenvalue weighted by atomic mass is 10.2. The Morgan fingerprint density at radius 3 is 2.29 bits per heavy atom. The van der Waals surface area contributed by atoms with Crippen molar-refractivity contribution in [2.45, 2.75) is 57.1 Å². The molecule has 130 valence electrons. The molecule has 2 rings (SSSR count). The maximum Gasteiger partial charge on any atom is 0.236 e. The van der Waals surface area contributed by atoms with Crippen molar-refractivity contribution in [3.63, 3.8) is 0 Å². The fourth-order valence-electron chi connectivity index (χ4n) is 2.82. The van der Waals surface area contributed by atoms with E-state index in [4.69, 9.17) is 0 Å². The summed E-state index contributed by atoms with van der Waals surface area (Å²) in [4.78, 5) is 23.9. The number of amides is 1. The summed E-state index contributed by atoms with van der Waals surface area (Å²) in [5.41, 5.74) is 0.878. The average molecular weight is 346 g/mol.